The second-order valence-electron chi connectivity index (χ2n) is 3.40. The minimum atomic E-state index is 0.361. The van der Waals surface area contributed by atoms with Gasteiger partial charge in [0.2, 0.25) is 0 Å². The second kappa shape index (κ2) is 5.29. The van der Waals surface area contributed by atoms with Crippen LogP contribution in [0.3, 0.4) is 0 Å². The van der Waals surface area contributed by atoms with Crippen molar-refractivity contribution in [3.05, 3.63) is 46.3 Å². The van der Waals surface area contributed by atoms with Gasteiger partial charge >= 0.3 is 0 Å². The van der Waals surface area contributed by atoms with Gasteiger partial charge in [0.1, 0.15) is 16.9 Å². The Kier molecular flexibility index (Phi) is 3.75. The zero-order valence-electron chi connectivity index (χ0n) is 8.81. The van der Waals surface area contributed by atoms with Gasteiger partial charge in [-0.05, 0) is 18.2 Å². The van der Waals surface area contributed by atoms with E-state index in [9.17, 15) is 0 Å². The van der Waals surface area contributed by atoms with Crippen LogP contribution >= 0.6 is 28.1 Å². The molecular weight excluding hydrogens is 302 g/mol. The Balaban J connectivity index is 2.19. The van der Waals surface area contributed by atoms with E-state index in [0.717, 1.165) is 21.4 Å². The van der Waals surface area contributed by atoms with E-state index >= 15 is 0 Å². The molecule has 1 aromatic carbocycles. The number of anilines is 1. The summed E-state index contributed by atoms with van der Waals surface area (Å²) >= 11 is 8.40. The molecule has 0 spiro atoms. The molecule has 2 rings (SSSR count). The molecule has 0 radical (unpaired) electrons. The quantitative estimate of drug-likeness (QED) is 0.850. The van der Waals surface area contributed by atoms with Crippen LogP contribution in [-0.2, 0) is 6.54 Å². The molecule has 0 aliphatic rings. The summed E-state index contributed by atoms with van der Waals surface area (Å²) < 4.78 is 5.71. The van der Waals surface area contributed by atoms with Crippen molar-refractivity contribution in [1.29, 1.82) is 0 Å². The number of nitrogens with zero attached hydrogens (tertiary/aromatic N) is 1. The summed E-state index contributed by atoms with van der Waals surface area (Å²) in [7, 11) is 0. The number of aromatic nitrogens is 1. The van der Waals surface area contributed by atoms with Crippen molar-refractivity contribution >= 4 is 38.8 Å². The van der Waals surface area contributed by atoms with E-state index in [0.29, 0.717) is 11.5 Å². The number of nitrogens with one attached hydrogen (secondary N) is 1. The maximum absolute atomic E-state index is 5.66. The molecular formula is C11H10BrN3OS. The number of halogens is 1. The van der Waals surface area contributed by atoms with E-state index in [1.165, 1.54) is 6.26 Å². The third-order valence-corrected chi connectivity index (χ3v) is 2.91. The molecule has 0 aliphatic heterocycles. The Hall–Kier alpha value is -1.40. The fourth-order valence-electron chi connectivity index (χ4n) is 1.39. The number of thiocarbonyl (C=S) groups is 1. The molecule has 0 saturated heterocycles. The Bertz CT molecular complexity index is 528. The molecule has 17 heavy (non-hydrogen) atoms. The zero-order valence-corrected chi connectivity index (χ0v) is 11.2. The molecule has 0 unspecified atom stereocenters. The monoisotopic (exact) mass is 311 g/mol. The molecule has 0 fully saturated rings. The lowest BCUT2D eigenvalue weighted by atomic mass is 10.1. The van der Waals surface area contributed by atoms with Crippen LogP contribution in [0, 0.1) is 0 Å². The van der Waals surface area contributed by atoms with Crippen molar-refractivity contribution in [1.82, 2.24) is 5.16 Å². The Labute approximate surface area is 112 Å². The molecule has 0 bridgehead atoms. The number of benzene rings is 1. The van der Waals surface area contributed by atoms with E-state index in [2.05, 4.69) is 26.4 Å². The van der Waals surface area contributed by atoms with E-state index in [1.54, 1.807) is 6.07 Å². The average molecular weight is 312 g/mol. The molecule has 0 aliphatic carbocycles. The van der Waals surface area contributed by atoms with Gasteiger partial charge in [-0.2, -0.15) is 0 Å². The highest BCUT2D eigenvalue weighted by molar-refractivity contribution is 9.10. The van der Waals surface area contributed by atoms with Gasteiger partial charge in [-0.25, -0.2) is 0 Å². The maximum atomic E-state index is 5.66. The van der Waals surface area contributed by atoms with Gasteiger partial charge in [0.15, 0.2) is 0 Å². The van der Waals surface area contributed by atoms with Gasteiger partial charge in [-0.3, -0.25) is 0 Å². The molecule has 0 saturated carbocycles. The molecule has 0 amide bonds. The number of rotatable bonds is 4. The van der Waals surface area contributed by atoms with E-state index in [-0.39, 0.29) is 0 Å². The van der Waals surface area contributed by atoms with Crippen molar-refractivity contribution in [2.75, 3.05) is 5.32 Å². The van der Waals surface area contributed by atoms with Crippen molar-refractivity contribution < 1.29 is 4.52 Å². The van der Waals surface area contributed by atoms with Crippen molar-refractivity contribution in [3.63, 3.8) is 0 Å². The fraction of sp³-hybridized carbons (Fsp3) is 0.0909. The highest BCUT2D eigenvalue weighted by Crippen LogP contribution is 2.22. The van der Waals surface area contributed by atoms with Crippen LogP contribution in [0.2, 0.25) is 0 Å². The van der Waals surface area contributed by atoms with Gasteiger partial charge in [-0.15, -0.1) is 0 Å². The minimum Gasteiger partial charge on any atom is -0.389 e. The lowest BCUT2D eigenvalue weighted by Gasteiger charge is -2.10. The zero-order chi connectivity index (χ0) is 12.3. The SMILES string of the molecule is NC(=S)c1ccc(Br)cc1NCc1ccon1. The lowest BCUT2D eigenvalue weighted by Crippen LogP contribution is -2.13. The summed E-state index contributed by atoms with van der Waals surface area (Å²) in [5.41, 5.74) is 8.16. The summed E-state index contributed by atoms with van der Waals surface area (Å²) in [6.07, 6.45) is 1.53. The van der Waals surface area contributed by atoms with E-state index < -0.39 is 0 Å². The molecule has 3 N–H and O–H groups in total. The Morgan fingerprint density at radius 2 is 2.29 bits per heavy atom. The average Bonchev–Trinajstić information content (AvgIpc) is 2.78. The Morgan fingerprint density at radius 1 is 1.47 bits per heavy atom. The molecule has 1 aromatic heterocycles. The highest BCUT2D eigenvalue weighted by Gasteiger charge is 2.06. The summed E-state index contributed by atoms with van der Waals surface area (Å²) in [6.45, 7) is 0.558. The largest absolute Gasteiger partial charge is 0.389 e. The molecule has 88 valence electrons. The summed E-state index contributed by atoms with van der Waals surface area (Å²) in [5, 5.41) is 7.03. The van der Waals surface area contributed by atoms with Crippen molar-refractivity contribution in [3.8, 4) is 0 Å². The summed E-state index contributed by atoms with van der Waals surface area (Å²) in [4.78, 5) is 0.361. The van der Waals surface area contributed by atoms with E-state index in [1.807, 2.05) is 18.2 Å². The first-order valence-electron chi connectivity index (χ1n) is 4.89. The molecule has 0 atom stereocenters. The van der Waals surface area contributed by atoms with Gasteiger partial charge < -0.3 is 15.6 Å². The van der Waals surface area contributed by atoms with Crippen LogP contribution in [0.4, 0.5) is 5.69 Å². The third-order valence-electron chi connectivity index (χ3n) is 2.20. The van der Waals surface area contributed by atoms with Crippen LogP contribution in [0.15, 0.2) is 39.5 Å². The second-order valence-corrected chi connectivity index (χ2v) is 4.75. The van der Waals surface area contributed by atoms with Crippen LogP contribution < -0.4 is 11.1 Å². The van der Waals surface area contributed by atoms with E-state index in [4.69, 9.17) is 22.5 Å². The first-order chi connectivity index (χ1) is 8.16. The van der Waals surface area contributed by atoms with Gasteiger partial charge in [0.05, 0.1) is 6.54 Å². The lowest BCUT2D eigenvalue weighted by molar-refractivity contribution is 0.412. The summed E-state index contributed by atoms with van der Waals surface area (Å²) in [6, 6.07) is 7.49. The Morgan fingerprint density at radius 3 is 2.94 bits per heavy atom. The van der Waals surface area contributed by atoms with Crippen LogP contribution in [0.1, 0.15) is 11.3 Å². The van der Waals surface area contributed by atoms with Gasteiger partial charge in [0, 0.05) is 21.8 Å². The van der Waals surface area contributed by atoms with Crippen molar-refractivity contribution in [2.45, 2.75) is 6.54 Å². The first kappa shape index (κ1) is 12.1. The predicted octanol–water partition coefficient (Wildman–Crippen LogP) is 2.68. The predicted molar refractivity (Wildman–Crippen MR) is 73.9 cm³/mol. The fourth-order valence-corrected chi connectivity index (χ4v) is 1.93. The molecule has 1 heterocycles. The number of hydrogen-bond acceptors (Lipinski definition) is 4. The minimum absolute atomic E-state index is 0.361. The van der Waals surface area contributed by atoms with Crippen LogP contribution in [0.5, 0.6) is 0 Å². The third kappa shape index (κ3) is 3.04. The smallest absolute Gasteiger partial charge is 0.124 e. The standard InChI is InChI=1S/C11H10BrN3OS/c12-7-1-2-9(11(13)17)10(5-7)14-6-8-3-4-16-15-8/h1-5,14H,6H2,(H2,13,17). The maximum Gasteiger partial charge on any atom is 0.124 e. The topological polar surface area (TPSA) is 64.1 Å². The highest BCUT2D eigenvalue weighted by atomic mass is 79.9. The molecule has 2 aromatic rings. The first-order valence-corrected chi connectivity index (χ1v) is 6.09. The van der Waals surface area contributed by atoms with Crippen LogP contribution in [0.25, 0.3) is 0 Å². The van der Waals surface area contributed by atoms with Gasteiger partial charge in [0.25, 0.3) is 0 Å². The summed E-state index contributed by atoms with van der Waals surface area (Å²) in [5.74, 6) is 0. The van der Waals surface area contributed by atoms with Crippen LogP contribution in [-0.4, -0.2) is 10.1 Å². The van der Waals surface area contributed by atoms with Gasteiger partial charge in [-0.1, -0.05) is 33.3 Å². The molecule has 6 heteroatoms. The number of hydrogen-bond donors (Lipinski definition) is 2. The molecule has 4 nitrogen and oxygen atoms in total. The number of nitrogens with two attached hydrogens (primary N) is 1. The van der Waals surface area contributed by atoms with Crippen molar-refractivity contribution in [2.24, 2.45) is 5.73 Å². The normalized spacial score (nSPS) is 10.2.